The normalized spacial score (nSPS) is 31.2. The van der Waals surface area contributed by atoms with Gasteiger partial charge >= 0.3 is 11.9 Å². The molecule has 1 amide bonds. The Hall–Kier alpha value is -5.47. The lowest BCUT2D eigenvalue weighted by molar-refractivity contribution is -0.384. The number of amides is 1. The number of fused-ring (bicyclic) bond motifs is 1. The van der Waals surface area contributed by atoms with E-state index in [-0.39, 0.29) is 42.3 Å². The second-order valence-electron chi connectivity index (χ2n) is 20.1. The van der Waals surface area contributed by atoms with Gasteiger partial charge in [0.25, 0.3) is 5.69 Å². The summed E-state index contributed by atoms with van der Waals surface area (Å²) < 4.78 is 41.0. The van der Waals surface area contributed by atoms with Crippen LogP contribution in [0.1, 0.15) is 94.1 Å². The highest BCUT2D eigenvalue weighted by atomic mass is 16.7. The van der Waals surface area contributed by atoms with Crippen molar-refractivity contribution in [3.05, 3.63) is 88.4 Å². The minimum atomic E-state index is -1.70. The number of esters is 1. The Bertz CT molecular complexity index is 2510. The number of carboxylic acids is 1. The van der Waals surface area contributed by atoms with Gasteiger partial charge in [-0.25, -0.2) is 14.3 Å². The standard InChI is InChI=1S/C51H68N6O17/c1-28-21-33(47(63)52-19-10-9-15-34-25-56(54-53-34)27-55-20-18-32-23-35(57(67)68)16-17-36(32)55)24-37(44(28)74-50-43(62)42(61)40(59)29(2)69-50)71-51-46(73-49(66)31-13-7-4-8-14-31)45(41(60)39(26-58)72-51)70-38(48(64)65)22-30-11-5-3-6-12-30/h4,7-8,13-14,16-18,20,23,25,28-30,33,37-46,50-51,58-62H,3,5-6,9-12,15,19,21-22,24,26-27H2,1-2H3,(H,52,63)(H,64,65)/t28?,29?,33?,37-,38+,39?,40-,41+,42?,43?,44?,45?,46?,50+,51-/m1/s1. The molecular weight excluding hydrogens is 969 g/mol. The molecule has 15 atom stereocenters. The number of rotatable bonds is 21. The number of unbranched alkanes of at least 4 members (excludes halogenated alkanes) is 1. The highest BCUT2D eigenvalue weighted by molar-refractivity contribution is 5.89. The number of aliphatic hydroxyl groups excluding tert-OH is 5. The average Bonchev–Trinajstić information content (AvgIpc) is 4.03. The van der Waals surface area contributed by atoms with E-state index in [9.17, 15) is 55.1 Å². The number of nitro groups is 1. The highest BCUT2D eigenvalue weighted by Crippen LogP contribution is 2.39. The highest BCUT2D eigenvalue weighted by Gasteiger charge is 2.54. The molecule has 2 saturated heterocycles. The summed E-state index contributed by atoms with van der Waals surface area (Å²) in [4.78, 5) is 51.5. The molecule has 8 rings (SSSR count). The van der Waals surface area contributed by atoms with Crippen LogP contribution in [-0.2, 0) is 51.1 Å². The van der Waals surface area contributed by atoms with Gasteiger partial charge in [-0.15, -0.1) is 5.10 Å². The number of aliphatic hydroxyl groups is 5. The Kier molecular flexibility index (Phi) is 18.4. The van der Waals surface area contributed by atoms with Gasteiger partial charge in [0.15, 0.2) is 24.8 Å². The van der Waals surface area contributed by atoms with Crippen molar-refractivity contribution in [2.45, 2.75) is 171 Å². The van der Waals surface area contributed by atoms with Crippen LogP contribution in [0, 0.1) is 27.9 Å². The molecule has 74 heavy (non-hydrogen) atoms. The number of hydrogen-bond donors (Lipinski definition) is 7. The van der Waals surface area contributed by atoms with E-state index in [0.29, 0.717) is 32.5 Å². The predicted octanol–water partition coefficient (Wildman–Crippen LogP) is 2.84. The fourth-order valence-corrected chi connectivity index (χ4v) is 10.7. The summed E-state index contributed by atoms with van der Waals surface area (Å²) in [5.74, 6) is -3.64. The van der Waals surface area contributed by atoms with E-state index >= 15 is 0 Å². The van der Waals surface area contributed by atoms with Gasteiger partial charge in [0, 0.05) is 36.2 Å². The zero-order valence-electron chi connectivity index (χ0n) is 41.4. The van der Waals surface area contributed by atoms with Gasteiger partial charge in [-0.05, 0) is 81.5 Å². The molecule has 4 aromatic rings. The molecule has 2 aromatic carbocycles. The first-order valence-corrected chi connectivity index (χ1v) is 25.6. The summed E-state index contributed by atoms with van der Waals surface area (Å²) in [6, 6.07) is 14.4. The number of aryl methyl sites for hydroxylation is 1. The first-order valence-electron chi connectivity index (χ1n) is 25.6. The molecule has 9 unspecified atom stereocenters. The molecule has 0 spiro atoms. The van der Waals surface area contributed by atoms with Crippen LogP contribution < -0.4 is 5.32 Å². The van der Waals surface area contributed by atoms with Crippen molar-refractivity contribution in [1.29, 1.82) is 0 Å². The summed E-state index contributed by atoms with van der Waals surface area (Å²) in [7, 11) is 0. The van der Waals surface area contributed by atoms with Crippen LogP contribution in [0.5, 0.6) is 0 Å². The molecule has 2 aromatic heterocycles. The van der Waals surface area contributed by atoms with Gasteiger partial charge < -0.3 is 68.9 Å². The molecule has 4 aliphatic rings. The third kappa shape index (κ3) is 13.1. The van der Waals surface area contributed by atoms with Crippen molar-refractivity contribution in [2.24, 2.45) is 17.8 Å². The van der Waals surface area contributed by atoms with Crippen LogP contribution in [0.2, 0.25) is 0 Å². The SMILES string of the molecule is CC1CC(C(=O)NCCCCc2cn(Cn3ccc4cc([N+](=O)[O-])ccc43)nn2)C[C@@H](O[C@@H]2OC(CO)[C@H](O)C(O[C@@H](CC3CCCCC3)C(=O)O)C2OC(=O)c2ccccc2)C1O[C@@H]1OC(C)[C@@H](O)C(O)C1O. The Labute approximate surface area is 426 Å². The van der Waals surface area contributed by atoms with Gasteiger partial charge in [0.05, 0.1) is 52.8 Å². The van der Waals surface area contributed by atoms with Crippen LogP contribution >= 0.6 is 0 Å². The summed E-state index contributed by atoms with van der Waals surface area (Å²) in [5.41, 5.74) is 1.68. The van der Waals surface area contributed by atoms with Gasteiger partial charge in [-0.1, -0.05) is 62.4 Å². The minimum absolute atomic E-state index is 0.00730. The summed E-state index contributed by atoms with van der Waals surface area (Å²) in [5, 5.41) is 88.4. The molecule has 0 bridgehead atoms. The van der Waals surface area contributed by atoms with E-state index in [2.05, 4.69) is 15.6 Å². The molecule has 23 nitrogen and oxygen atoms in total. The molecule has 0 radical (unpaired) electrons. The van der Waals surface area contributed by atoms with Crippen LogP contribution in [0.4, 0.5) is 5.69 Å². The van der Waals surface area contributed by atoms with E-state index in [0.717, 1.165) is 48.7 Å². The topological polar surface area (TPSA) is 319 Å². The molecule has 2 aliphatic heterocycles. The number of nitrogens with one attached hydrogen (secondary N) is 1. The fraction of sp³-hybridized carbons (Fsp3) is 0.627. The van der Waals surface area contributed by atoms with E-state index in [1.54, 1.807) is 41.9 Å². The van der Waals surface area contributed by atoms with Gasteiger partial charge in [-0.2, -0.15) is 0 Å². The second-order valence-corrected chi connectivity index (χ2v) is 20.1. The van der Waals surface area contributed by atoms with E-state index < -0.39 is 115 Å². The van der Waals surface area contributed by atoms with Crippen LogP contribution in [0.3, 0.4) is 0 Å². The van der Waals surface area contributed by atoms with Crippen molar-refractivity contribution in [2.75, 3.05) is 13.2 Å². The number of carboxylic acid groups (broad SMARTS) is 1. The number of nitro benzene ring substituents is 1. The summed E-state index contributed by atoms with van der Waals surface area (Å²) in [6.45, 7) is 3.19. The van der Waals surface area contributed by atoms with E-state index in [1.165, 1.54) is 31.2 Å². The fourth-order valence-electron chi connectivity index (χ4n) is 10.7. The van der Waals surface area contributed by atoms with Crippen LogP contribution in [-0.4, -0.2) is 166 Å². The third-order valence-electron chi connectivity index (χ3n) is 14.8. The molecule has 4 fully saturated rings. The quantitative estimate of drug-likeness (QED) is 0.0273. The molecule has 404 valence electrons. The first-order chi connectivity index (χ1) is 35.6. The van der Waals surface area contributed by atoms with Crippen LogP contribution in [0.15, 0.2) is 67.0 Å². The Morgan fingerprint density at radius 2 is 1.66 bits per heavy atom. The second kappa shape index (κ2) is 24.9. The maximum atomic E-state index is 14.1. The maximum absolute atomic E-state index is 14.1. The number of nitrogens with zero attached hydrogens (tertiary/aromatic N) is 5. The molecule has 23 heteroatoms. The number of carbonyl (C=O) groups is 3. The summed E-state index contributed by atoms with van der Waals surface area (Å²) in [6.07, 6.45) is -8.45. The minimum Gasteiger partial charge on any atom is -0.479 e. The monoisotopic (exact) mass is 1040 g/mol. The number of aliphatic carboxylic acids is 1. The zero-order chi connectivity index (χ0) is 52.6. The largest absolute Gasteiger partial charge is 0.479 e. The number of aromatic nitrogens is 4. The molecule has 2 saturated carbocycles. The van der Waals surface area contributed by atoms with Crippen molar-refractivity contribution in [3.63, 3.8) is 0 Å². The van der Waals surface area contributed by atoms with Crippen molar-refractivity contribution in [3.8, 4) is 0 Å². The number of carbonyl (C=O) groups excluding carboxylic acids is 2. The molecule has 2 aliphatic carbocycles. The molecule has 4 heterocycles. The maximum Gasteiger partial charge on any atom is 0.338 e. The van der Waals surface area contributed by atoms with Gasteiger partial charge in [0.2, 0.25) is 5.91 Å². The Morgan fingerprint density at radius 1 is 0.892 bits per heavy atom. The Balaban J connectivity index is 0.971. The molecule has 7 N–H and O–H groups in total. The number of ether oxygens (including phenoxy) is 6. The van der Waals surface area contributed by atoms with E-state index in [4.69, 9.17) is 28.4 Å². The first kappa shape index (κ1) is 54.8. The van der Waals surface area contributed by atoms with Crippen LogP contribution in [0.25, 0.3) is 10.9 Å². The number of benzene rings is 2. The number of hydrogen-bond acceptors (Lipinski definition) is 18. The lowest BCUT2D eigenvalue weighted by Gasteiger charge is -2.48. The van der Waals surface area contributed by atoms with Crippen molar-refractivity contribution >= 4 is 34.4 Å². The third-order valence-corrected chi connectivity index (χ3v) is 14.8. The predicted molar refractivity (Wildman–Crippen MR) is 259 cm³/mol. The van der Waals surface area contributed by atoms with Crippen molar-refractivity contribution in [1.82, 2.24) is 24.9 Å². The lowest BCUT2D eigenvalue weighted by Crippen LogP contribution is -2.64. The Morgan fingerprint density at radius 3 is 2.39 bits per heavy atom. The zero-order valence-corrected chi connectivity index (χ0v) is 41.4. The van der Waals surface area contributed by atoms with Gasteiger partial charge in [0.1, 0.15) is 43.3 Å². The lowest BCUT2D eigenvalue weighted by atomic mass is 9.77. The average molecular weight is 1040 g/mol. The smallest absolute Gasteiger partial charge is 0.338 e. The van der Waals surface area contributed by atoms with Crippen molar-refractivity contribution < 1.29 is 78.4 Å². The molecular formula is C51H68N6O17. The number of non-ortho nitro benzene ring substituents is 1. The summed E-state index contributed by atoms with van der Waals surface area (Å²) >= 11 is 0. The van der Waals surface area contributed by atoms with E-state index in [1.807, 2.05) is 17.0 Å². The van der Waals surface area contributed by atoms with Gasteiger partial charge in [-0.3, -0.25) is 14.9 Å².